The molecular weight excluding hydrogens is 244 g/mol. The summed E-state index contributed by atoms with van der Waals surface area (Å²) in [6.45, 7) is 6.42. The van der Waals surface area contributed by atoms with Crippen molar-refractivity contribution in [1.82, 2.24) is 9.88 Å². The molecule has 5 heteroatoms. The first kappa shape index (κ1) is 15.3. The number of pyridine rings is 1. The largest absolute Gasteiger partial charge is 0.488 e. The fraction of sp³-hybridized carbons (Fsp3) is 0.571. The summed E-state index contributed by atoms with van der Waals surface area (Å²) in [6.07, 6.45) is 3.29. The van der Waals surface area contributed by atoms with Crippen LogP contribution in [0.4, 0.5) is 0 Å². The molecule has 1 amide bonds. The van der Waals surface area contributed by atoms with Crippen LogP contribution in [-0.4, -0.2) is 23.1 Å². The lowest BCUT2D eigenvalue weighted by Gasteiger charge is -2.13. The Morgan fingerprint density at radius 2 is 2.21 bits per heavy atom. The molecule has 0 fully saturated rings. The van der Waals surface area contributed by atoms with E-state index in [1.165, 1.54) is 4.57 Å². The molecule has 106 valence electrons. The van der Waals surface area contributed by atoms with Crippen molar-refractivity contribution in [1.29, 1.82) is 0 Å². The van der Waals surface area contributed by atoms with Gasteiger partial charge in [0.2, 0.25) is 5.91 Å². The fourth-order valence-electron chi connectivity index (χ4n) is 1.54. The van der Waals surface area contributed by atoms with Crippen molar-refractivity contribution >= 4 is 5.91 Å². The minimum absolute atomic E-state index is 0.0203. The number of rotatable bonds is 7. The number of amides is 1. The van der Waals surface area contributed by atoms with Crippen LogP contribution in [0.5, 0.6) is 5.75 Å². The van der Waals surface area contributed by atoms with Crippen molar-refractivity contribution in [2.75, 3.05) is 6.61 Å². The van der Waals surface area contributed by atoms with Crippen LogP contribution in [0, 0.1) is 0 Å². The smallest absolute Gasteiger partial charge is 0.293 e. The second-order valence-corrected chi connectivity index (χ2v) is 4.53. The van der Waals surface area contributed by atoms with E-state index in [0.717, 1.165) is 12.8 Å². The number of nitrogens with zero attached hydrogens (tertiary/aromatic N) is 1. The molecule has 0 aliphatic carbocycles. The Balaban J connectivity index is 2.73. The highest BCUT2D eigenvalue weighted by atomic mass is 16.5. The molecule has 1 N–H and O–H groups in total. The van der Waals surface area contributed by atoms with Gasteiger partial charge in [-0.05, 0) is 31.9 Å². The first-order valence-electron chi connectivity index (χ1n) is 6.70. The molecule has 1 unspecified atom stereocenters. The highest BCUT2D eigenvalue weighted by Crippen LogP contribution is 2.02. The van der Waals surface area contributed by atoms with E-state index >= 15 is 0 Å². The van der Waals surface area contributed by atoms with E-state index in [1.807, 2.05) is 20.8 Å². The van der Waals surface area contributed by atoms with E-state index < -0.39 is 0 Å². The van der Waals surface area contributed by atoms with Crippen LogP contribution >= 0.6 is 0 Å². The molecule has 1 rings (SSSR count). The summed E-state index contributed by atoms with van der Waals surface area (Å²) in [5.41, 5.74) is -0.268. The van der Waals surface area contributed by atoms with Crippen LogP contribution in [0.3, 0.4) is 0 Å². The number of hydrogen-bond donors (Lipinski definition) is 1. The van der Waals surface area contributed by atoms with Gasteiger partial charge in [-0.3, -0.25) is 9.59 Å². The summed E-state index contributed by atoms with van der Waals surface area (Å²) in [6, 6.07) is 3.45. The minimum Gasteiger partial charge on any atom is -0.488 e. The van der Waals surface area contributed by atoms with Crippen LogP contribution in [0.2, 0.25) is 0 Å². The van der Waals surface area contributed by atoms with Gasteiger partial charge in [-0.1, -0.05) is 13.8 Å². The Labute approximate surface area is 113 Å². The van der Waals surface area contributed by atoms with E-state index in [0.29, 0.717) is 12.4 Å². The molecule has 0 aromatic carbocycles. The summed E-state index contributed by atoms with van der Waals surface area (Å²) in [5.74, 6) is 0.129. The zero-order valence-corrected chi connectivity index (χ0v) is 11.8. The Kier molecular flexibility index (Phi) is 6.12. The van der Waals surface area contributed by atoms with E-state index in [2.05, 4.69) is 5.32 Å². The SMILES string of the molecule is CCCOc1cccn(CC(=O)NC(C)CC)c1=O. The Bertz CT molecular complexity index is 468. The van der Waals surface area contributed by atoms with Crippen molar-refractivity contribution < 1.29 is 9.53 Å². The quantitative estimate of drug-likeness (QED) is 0.814. The number of hydrogen-bond acceptors (Lipinski definition) is 3. The van der Waals surface area contributed by atoms with Crippen LogP contribution in [0.1, 0.15) is 33.6 Å². The van der Waals surface area contributed by atoms with Gasteiger partial charge in [0.15, 0.2) is 5.75 Å². The average Bonchev–Trinajstić information content (AvgIpc) is 2.39. The predicted molar refractivity (Wildman–Crippen MR) is 74.4 cm³/mol. The van der Waals surface area contributed by atoms with Crippen LogP contribution in [-0.2, 0) is 11.3 Å². The molecule has 0 aliphatic heterocycles. The lowest BCUT2D eigenvalue weighted by molar-refractivity contribution is -0.122. The van der Waals surface area contributed by atoms with Crippen LogP contribution in [0.15, 0.2) is 23.1 Å². The highest BCUT2D eigenvalue weighted by molar-refractivity contribution is 5.76. The lowest BCUT2D eigenvalue weighted by Crippen LogP contribution is -2.37. The fourth-order valence-corrected chi connectivity index (χ4v) is 1.54. The van der Waals surface area contributed by atoms with E-state index in [4.69, 9.17) is 4.74 Å². The summed E-state index contributed by atoms with van der Waals surface area (Å²) >= 11 is 0. The first-order chi connectivity index (χ1) is 9.08. The van der Waals surface area contributed by atoms with Crippen molar-refractivity contribution in [3.05, 3.63) is 28.7 Å². The number of nitrogens with one attached hydrogen (secondary N) is 1. The number of carbonyl (C=O) groups excluding carboxylic acids is 1. The molecule has 19 heavy (non-hydrogen) atoms. The van der Waals surface area contributed by atoms with E-state index in [1.54, 1.807) is 18.3 Å². The Morgan fingerprint density at radius 3 is 2.84 bits per heavy atom. The molecule has 0 saturated carbocycles. The monoisotopic (exact) mass is 266 g/mol. The molecule has 0 saturated heterocycles. The molecule has 0 radical (unpaired) electrons. The maximum Gasteiger partial charge on any atom is 0.293 e. The summed E-state index contributed by atoms with van der Waals surface area (Å²) < 4.78 is 6.71. The van der Waals surface area contributed by atoms with Gasteiger partial charge in [-0.25, -0.2) is 0 Å². The van der Waals surface area contributed by atoms with Gasteiger partial charge < -0.3 is 14.6 Å². The third kappa shape index (κ3) is 4.77. The summed E-state index contributed by atoms with van der Waals surface area (Å²) in [5, 5.41) is 2.83. The Hall–Kier alpha value is -1.78. The summed E-state index contributed by atoms with van der Waals surface area (Å²) in [7, 11) is 0. The van der Waals surface area contributed by atoms with Gasteiger partial charge in [0.1, 0.15) is 6.54 Å². The van der Waals surface area contributed by atoms with Gasteiger partial charge in [0, 0.05) is 12.2 Å². The van der Waals surface area contributed by atoms with Gasteiger partial charge >= 0.3 is 0 Å². The third-order valence-corrected chi connectivity index (χ3v) is 2.78. The first-order valence-corrected chi connectivity index (χ1v) is 6.70. The predicted octanol–water partition coefficient (Wildman–Crippen LogP) is 1.55. The normalized spacial score (nSPS) is 11.9. The zero-order chi connectivity index (χ0) is 14.3. The lowest BCUT2D eigenvalue weighted by atomic mass is 10.2. The minimum atomic E-state index is -0.268. The maximum atomic E-state index is 12.0. The molecule has 1 atom stereocenters. The van der Waals surface area contributed by atoms with Gasteiger partial charge in [-0.15, -0.1) is 0 Å². The number of ether oxygens (including phenoxy) is 1. The summed E-state index contributed by atoms with van der Waals surface area (Å²) in [4.78, 5) is 23.8. The third-order valence-electron chi connectivity index (χ3n) is 2.78. The van der Waals surface area contributed by atoms with E-state index in [-0.39, 0.29) is 24.1 Å². The van der Waals surface area contributed by atoms with Gasteiger partial charge in [0.05, 0.1) is 6.61 Å². The topological polar surface area (TPSA) is 60.3 Å². The molecular formula is C14H22N2O3. The molecule has 0 spiro atoms. The highest BCUT2D eigenvalue weighted by Gasteiger charge is 2.09. The van der Waals surface area contributed by atoms with Gasteiger partial charge in [-0.2, -0.15) is 0 Å². The van der Waals surface area contributed by atoms with Crippen molar-refractivity contribution in [3.8, 4) is 5.75 Å². The van der Waals surface area contributed by atoms with E-state index in [9.17, 15) is 9.59 Å². The zero-order valence-electron chi connectivity index (χ0n) is 11.8. The average molecular weight is 266 g/mol. The van der Waals surface area contributed by atoms with Gasteiger partial charge in [0.25, 0.3) is 5.56 Å². The van der Waals surface area contributed by atoms with Crippen molar-refractivity contribution in [3.63, 3.8) is 0 Å². The number of aromatic nitrogens is 1. The van der Waals surface area contributed by atoms with Crippen LogP contribution in [0.25, 0.3) is 0 Å². The standard InChI is InChI=1S/C14H22N2O3/c1-4-9-19-12-7-6-8-16(14(12)18)10-13(17)15-11(3)5-2/h6-8,11H,4-5,9-10H2,1-3H3,(H,15,17). The molecule has 5 nitrogen and oxygen atoms in total. The van der Waals surface area contributed by atoms with Crippen molar-refractivity contribution in [2.45, 2.75) is 46.2 Å². The molecule has 1 heterocycles. The molecule has 1 aromatic rings. The van der Waals surface area contributed by atoms with Crippen molar-refractivity contribution in [2.24, 2.45) is 0 Å². The molecule has 0 aliphatic rings. The van der Waals surface area contributed by atoms with Crippen LogP contribution < -0.4 is 15.6 Å². The second-order valence-electron chi connectivity index (χ2n) is 4.53. The second kappa shape index (κ2) is 7.61. The molecule has 1 aromatic heterocycles. The Morgan fingerprint density at radius 1 is 1.47 bits per heavy atom. The number of carbonyl (C=O) groups is 1. The molecule has 0 bridgehead atoms. The maximum absolute atomic E-state index is 12.0.